The van der Waals surface area contributed by atoms with Gasteiger partial charge in [0.25, 0.3) is 5.91 Å². The Morgan fingerprint density at radius 1 is 1.29 bits per heavy atom. The lowest BCUT2D eigenvalue weighted by Crippen LogP contribution is -2.39. The average molecular weight is 287 g/mol. The molecular weight excluding hydrogens is 266 g/mol. The predicted octanol–water partition coefficient (Wildman–Crippen LogP) is 3.38. The summed E-state index contributed by atoms with van der Waals surface area (Å²) in [5, 5.41) is 0. The molecule has 0 radical (unpaired) electrons. The molecule has 1 aromatic carbocycles. The van der Waals surface area contributed by atoms with Crippen LogP contribution in [0.25, 0.3) is 0 Å². The number of nitrogens with zero attached hydrogens (tertiary/aromatic N) is 1. The lowest BCUT2D eigenvalue weighted by atomic mass is 10.1. The van der Waals surface area contributed by atoms with Gasteiger partial charge in [-0.3, -0.25) is 4.79 Å². The van der Waals surface area contributed by atoms with E-state index in [1.807, 2.05) is 36.1 Å². The number of hydrogen-bond acceptors (Lipinski definition) is 3. The highest BCUT2D eigenvalue weighted by Crippen LogP contribution is 2.16. The van der Waals surface area contributed by atoms with Crippen molar-refractivity contribution in [2.75, 3.05) is 13.7 Å². The van der Waals surface area contributed by atoms with Crippen molar-refractivity contribution in [1.82, 2.24) is 4.90 Å². The Balaban J connectivity index is 2.05. The molecule has 112 valence electrons. The molecule has 0 fully saturated rings. The number of hydrogen-bond donors (Lipinski definition) is 0. The maximum absolute atomic E-state index is 12.4. The van der Waals surface area contributed by atoms with Gasteiger partial charge in [0.2, 0.25) is 0 Å². The fraction of sp³-hybridized carbons (Fsp3) is 0.353. The summed E-state index contributed by atoms with van der Waals surface area (Å²) in [6, 6.07) is 9.76. The molecule has 0 spiro atoms. The molecule has 1 heterocycles. The van der Waals surface area contributed by atoms with E-state index in [2.05, 4.69) is 6.92 Å². The van der Waals surface area contributed by atoms with Crippen LogP contribution < -0.4 is 4.74 Å². The van der Waals surface area contributed by atoms with E-state index in [-0.39, 0.29) is 11.9 Å². The highest BCUT2D eigenvalue weighted by molar-refractivity contribution is 5.94. The summed E-state index contributed by atoms with van der Waals surface area (Å²) in [6.45, 7) is 4.72. The van der Waals surface area contributed by atoms with Gasteiger partial charge in [0.1, 0.15) is 12.0 Å². The summed E-state index contributed by atoms with van der Waals surface area (Å²) < 4.78 is 10.1. The molecule has 0 N–H and O–H groups in total. The number of methoxy groups -OCH3 is 1. The zero-order valence-electron chi connectivity index (χ0n) is 12.7. The summed E-state index contributed by atoms with van der Waals surface area (Å²) in [6.07, 6.45) is 3.82. The Bertz CT molecular complexity index is 560. The second kappa shape index (κ2) is 6.97. The van der Waals surface area contributed by atoms with E-state index < -0.39 is 0 Å². The van der Waals surface area contributed by atoms with Crippen molar-refractivity contribution in [3.63, 3.8) is 0 Å². The lowest BCUT2D eigenvalue weighted by Gasteiger charge is -2.28. The molecule has 0 aliphatic heterocycles. The van der Waals surface area contributed by atoms with Crippen molar-refractivity contribution >= 4 is 5.91 Å². The van der Waals surface area contributed by atoms with E-state index in [0.29, 0.717) is 12.1 Å². The Kier molecular flexibility index (Phi) is 5.04. The highest BCUT2D eigenvalue weighted by Gasteiger charge is 2.20. The van der Waals surface area contributed by atoms with Crippen molar-refractivity contribution in [3.8, 4) is 5.75 Å². The summed E-state index contributed by atoms with van der Waals surface area (Å²) in [7, 11) is 1.65. The fourth-order valence-corrected chi connectivity index (χ4v) is 2.42. The summed E-state index contributed by atoms with van der Waals surface area (Å²) in [4.78, 5) is 14.3. The summed E-state index contributed by atoms with van der Waals surface area (Å²) in [5.41, 5.74) is 1.78. The van der Waals surface area contributed by atoms with E-state index in [9.17, 15) is 4.79 Å². The standard InChI is InChI=1S/C17H21NO3/c1-4-18(17(19)15-9-10-21-12-15)13(2)11-14-5-7-16(20-3)8-6-14/h5-10,12-13H,4,11H2,1-3H3. The third-order valence-electron chi connectivity index (χ3n) is 3.59. The monoisotopic (exact) mass is 287 g/mol. The molecule has 0 aliphatic rings. The number of carbonyl (C=O) groups excluding carboxylic acids is 1. The molecule has 2 aromatic rings. The molecule has 0 aliphatic carbocycles. The van der Waals surface area contributed by atoms with Crippen molar-refractivity contribution in [3.05, 3.63) is 54.0 Å². The molecule has 0 saturated heterocycles. The van der Waals surface area contributed by atoms with Crippen LogP contribution in [-0.4, -0.2) is 30.5 Å². The highest BCUT2D eigenvalue weighted by atomic mass is 16.5. The predicted molar refractivity (Wildman–Crippen MR) is 81.6 cm³/mol. The van der Waals surface area contributed by atoms with Crippen LogP contribution in [0.5, 0.6) is 5.75 Å². The van der Waals surface area contributed by atoms with Gasteiger partial charge in [-0.05, 0) is 44.0 Å². The van der Waals surface area contributed by atoms with Gasteiger partial charge in [-0.1, -0.05) is 12.1 Å². The number of rotatable bonds is 6. The summed E-state index contributed by atoms with van der Waals surface area (Å²) >= 11 is 0. The zero-order valence-corrected chi connectivity index (χ0v) is 12.7. The van der Waals surface area contributed by atoms with Gasteiger partial charge in [0.15, 0.2) is 0 Å². The number of ether oxygens (including phenoxy) is 1. The molecule has 21 heavy (non-hydrogen) atoms. The molecule has 1 amide bonds. The van der Waals surface area contributed by atoms with Crippen molar-refractivity contribution in [2.45, 2.75) is 26.3 Å². The molecule has 4 heteroatoms. The first-order chi connectivity index (χ1) is 10.2. The smallest absolute Gasteiger partial charge is 0.257 e. The van der Waals surface area contributed by atoms with Gasteiger partial charge in [0.05, 0.1) is 18.9 Å². The largest absolute Gasteiger partial charge is 0.497 e. The van der Waals surface area contributed by atoms with Crippen LogP contribution in [0.1, 0.15) is 29.8 Å². The van der Waals surface area contributed by atoms with E-state index in [4.69, 9.17) is 9.15 Å². The van der Waals surface area contributed by atoms with Crippen molar-refractivity contribution in [2.24, 2.45) is 0 Å². The topological polar surface area (TPSA) is 42.7 Å². The van der Waals surface area contributed by atoms with Crippen LogP contribution in [0.15, 0.2) is 47.3 Å². The Morgan fingerprint density at radius 3 is 2.52 bits per heavy atom. The Morgan fingerprint density at radius 2 is 2.00 bits per heavy atom. The van der Waals surface area contributed by atoms with Gasteiger partial charge in [0, 0.05) is 12.6 Å². The lowest BCUT2D eigenvalue weighted by molar-refractivity contribution is 0.0702. The molecule has 4 nitrogen and oxygen atoms in total. The second-order valence-electron chi connectivity index (χ2n) is 5.00. The first kappa shape index (κ1) is 15.2. The quantitative estimate of drug-likeness (QED) is 0.818. The molecule has 1 unspecified atom stereocenters. The molecule has 1 aromatic heterocycles. The molecule has 1 atom stereocenters. The van der Waals surface area contributed by atoms with Crippen LogP contribution >= 0.6 is 0 Å². The third kappa shape index (κ3) is 3.66. The normalized spacial score (nSPS) is 12.0. The van der Waals surface area contributed by atoms with E-state index in [1.165, 1.54) is 18.1 Å². The number of benzene rings is 1. The first-order valence-electron chi connectivity index (χ1n) is 7.11. The minimum absolute atomic E-state index is 0.00672. The second-order valence-corrected chi connectivity index (χ2v) is 5.00. The average Bonchev–Trinajstić information content (AvgIpc) is 3.03. The summed E-state index contributed by atoms with van der Waals surface area (Å²) in [5.74, 6) is 0.848. The maximum Gasteiger partial charge on any atom is 0.257 e. The number of likely N-dealkylation sites (N-methyl/N-ethyl adjacent to an activating group) is 1. The molecular formula is C17H21NO3. The first-order valence-corrected chi connectivity index (χ1v) is 7.11. The van der Waals surface area contributed by atoms with Gasteiger partial charge < -0.3 is 14.1 Å². The third-order valence-corrected chi connectivity index (χ3v) is 3.59. The SMILES string of the molecule is CCN(C(=O)c1ccoc1)C(C)Cc1ccc(OC)cc1. The molecule has 2 rings (SSSR count). The Hall–Kier alpha value is -2.23. The molecule has 0 bridgehead atoms. The van der Waals surface area contributed by atoms with Crippen LogP contribution in [0.3, 0.4) is 0 Å². The van der Waals surface area contributed by atoms with Gasteiger partial charge >= 0.3 is 0 Å². The van der Waals surface area contributed by atoms with E-state index >= 15 is 0 Å². The zero-order chi connectivity index (χ0) is 15.2. The van der Waals surface area contributed by atoms with Gasteiger partial charge in [-0.2, -0.15) is 0 Å². The number of carbonyl (C=O) groups is 1. The minimum Gasteiger partial charge on any atom is -0.497 e. The number of furan rings is 1. The molecule has 0 saturated carbocycles. The number of amides is 1. The van der Waals surface area contributed by atoms with E-state index in [0.717, 1.165) is 12.2 Å². The van der Waals surface area contributed by atoms with Gasteiger partial charge in [-0.25, -0.2) is 0 Å². The Labute approximate surface area is 125 Å². The van der Waals surface area contributed by atoms with E-state index in [1.54, 1.807) is 13.2 Å². The van der Waals surface area contributed by atoms with Crippen LogP contribution in [0, 0.1) is 0 Å². The van der Waals surface area contributed by atoms with Crippen molar-refractivity contribution < 1.29 is 13.9 Å². The van der Waals surface area contributed by atoms with Crippen LogP contribution in [0.2, 0.25) is 0 Å². The fourth-order valence-electron chi connectivity index (χ4n) is 2.42. The van der Waals surface area contributed by atoms with Crippen LogP contribution in [0.4, 0.5) is 0 Å². The van der Waals surface area contributed by atoms with Gasteiger partial charge in [-0.15, -0.1) is 0 Å². The van der Waals surface area contributed by atoms with Crippen molar-refractivity contribution in [1.29, 1.82) is 0 Å². The maximum atomic E-state index is 12.4. The minimum atomic E-state index is 0.00672. The van der Waals surface area contributed by atoms with Crippen LogP contribution in [-0.2, 0) is 6.42 Å².